The molecular formula is C15H29NO3. The number of rotatable bonds is 9. The molecule has 19 heavy (non-hydrogen) atoms. The lowest BCUT2D eigenvalue weighted by Crippen LogP contribution is -2.49. The summed E-state index contributed by atoms with van der Waals surface area (Å²) in [4.78, 5) is 11.3. The summed E-state index contributed by atoms with van der Waals surface area (Å²) >= 11 is 0. The number of carbonyl (C=O) groups is 1. The van der Waals surface area contributed by atoms with Crippen molar-refractivity contribution in [2.24, 2.45) is 5.92 Å². The van der Waals surface area contributed by atoms with E-state index in [1.807, 2.05) is 6.92 Å². The van der Waals surface area contributed by atoms with Crippen LogP contribution in [0.2, 0.25) is 0 Å². The van der Waals surface area contributed by atoms with Crippen LogP contribution < -0.4 is 5.32 Å². The van der Waals surface area contributed by atoms with Crippen LogP contribution in [0.5, 0.6) is 0 Å². The second-order valence-electron chi connectivity index (χ2n) is 5.67. The fraction of sp³-hybridized carbons (Fsp3) is 0.933. The van der Waals surface area contributed by atoms with Crippen LogP contribution in [-0.4, -0.2) is 36.9 Å². The number of hydrogen-bond donors (Lipinski definition) is 2. The fourth-order valence-corrected chi connectivity index (χ4v) is 2.92. The zero-order chi connectivity index (χ0) is 14.1. The normalized spacial score (nSPS) is 20.1. The van der Waals surface area contributed by atoms with Gasteiger partial charge in [-0.2, -0.15) is 0 Å². The highest BCUT2D eigenvalue weighted by Crippen LogP contribution is 2.24. The highest BCUT2D eigenvalue weighted by atomic mass is 16.5. The SMILES string of the molecule is CCC(CCCOCC1CCCCC1)(NC)C(=O)O. The summed E-state index contributed by atoms with van der Waals surface area (Å²) < 4.78 is 5.72. The Morgan fingerprint density at radius 3 is 2.58 bits per heavy atom. The summed E-state index contributed by atoms with van der Waals surface area (Å²) in [7, 11) is 1.72. The zero-order valence-electron chi connectivity index (χ0n) is 12.4. The monoisotopic (exact) mass is 271 g/mol. The molecule has 1 unspecified atom stereocenters. The van der Waals surface area contributed by atoms with Gasteiger partial charge in [0.05, 0.1) is 0 Å². The van der Waals surface area contributed by atoms with Crippen molar-refractivity contribution in [2.75, 3.05) is 20.3 Å². The van der Waals surface area contributed by atoms with Crippen molar-refractivity contribution in [1.29, 1.82) is 0 Å². The van der Waals surface area contributed by atoms with Crippen LogP contribution in [0, 0.1) is 5.92 Å². The third kappa shape index (κ3) is 5.11. The Balaban J connectivity index is 2.16. The third-order valence-electron chi connectivity index (χ3n) is 4.46. The lowest BCUT2D eigenvalue weighted by molar-refractivity contribution is -0.145. The van der Waals surface area contributed by atoms with Gasteiger partial charge in [-0.25, -0.2) is 0 Å². The summed E-state index contributed by atoms with van der Waals surface area (Å²) in [6.45, 7) is 3.44. The van der Waals surface area contributed by atoms with Crippen LogP contribution in [0.25, 0.3) is 0 Å². The van der Waals surface area contributed by atoms with Crippen LogP contribution in [-0.2, 0) is 9.53 Å². The number of carboxylic acids is 1. The summed E-state index contributed by atoms with van der Waals surface area (Å²) in [6.07, 6.45) is 8.66. The molecule has 1 rings (SSSR count). The average Bonchev–Trinajstić information content (AvgIpc) is 2.44. The van der Waals surface area contributed by atoms with Crippen molar-refractivity contribution in [1.82, 2.24) is 5.32 Å². The third-order valence-corrected chi connectivity index (χ3v) is 4.46. The van der Waals surface area contributed by atoms with E-state index in [2.05, 4.69) is 5.32 Å². The molecule has 1 fully saturated rings. The molecule has 1 aliphatic carbocycles. The zero-order valence-corrected chi connectivity index (χ0v) is 12.4. The molecule has 0 aliphatic heterocycles. The van der Waals surface area contributed by atoms with Gasteiger partial charge in [0.15, 0.2) is 0 Å². The molecule has 4 heteroatoms. The van der Waals surface area contributed by atoms with E-state index in [0.29, 0.717) is 19.4 Å². The molecule has 0 aromatic rings. The van der Waals surface area contributed by atoms with Gasteiger partial charge in [0.25, 0.3) is 0 Å². The first-order valence-corrected chi connectivity index (χ1v) is 7.64. The predicted molar refractivity (Wildman–Crippen MR) is 76.3 cm³/mol. The van der Waals surface area contributed by atoms with E-state index >= 15 is 0 Å². The Hall–Kier alpha value is -0.610. The Morgan fingerprint density at radius 1 is 1.37 bits per heavy atom. The molecule has 0 bridgehead atoms. The molecule has 1 saturated carbocycles. The van der Waals surface area contributed by atoms with Gasteiger partial charge in [0.2, 0.25) is 0 Å². The number of likely N-dealkylation sites (N-methyl/N-ethyl adjacent to an activating group) is 1. The number of carboxylic acid groups (broad SMARTS) is 1. The first-order chi connectivity index (χ1) is 9.14. The van der Waals surface area contributed by atoms with Gasteiger partial charge in [-0.1, -0.05) is 26.2 Å². The highest BCUT2D eigenvalue weighted by molar-refractivity contribution is 5.78. The van der Waals surface area contributed by atoms with E-state index < -0.39 is 11.5 Å². The van der Waals surface area contributed by atoms with Gasteiger partial charge in [0, 0.05) is 13.2 Å². The number of nitrogens with one attached hydrogen (secondary N) is 1. The van der Waals surface area contributed by atoms with Crippen molar-refractivity contribution in [3.63, 3.8) is 0 Å². The van der Waals surface area contributed by atoms with Crippen LogP contribution in [0.1, 0.15) is 58.3 Å². The van der Waals surface area contributed by atoms with E-state index in [1.165, 1.54) is 32.1 Å². The number of hydrogen-bond acceptors (Lipinski definition) is 3. The number of aliphatic carboxylic acids is 1. The van der Waals surface area contributed by atoms with Crippen molar-refractivity contribution >= 4 is 5.97 Å². The topological polar surface area (TPSA) is 58.6 Å². The largest absolute Gasteiger partial charge is 0.480 e. The first kappa shape index (κ1) is 16.4. The molecule has 1 aliphatic rings. The Kier molecular flexibility index (Phi) is 7.39. The lowest BCUT2D eigenvalue weighted by atomic mass is 9.90. The van der Waals surface area contributed by atoms with Crippen molar-refractivity contribution in [2.45, 2.75) is 63.8 Å². The van der Waals surface area contributed by atoms with Gasteiger partial charge in [0.1, 0.15) is 5.54 Å². The maximum absolute atomic E-state index is 11.3. The molecule has 1 atom stereocenters. The van der Waals surface area contributed by atoms with Crippen LogP contribution in [0.15, 0.2) is 0 Å². The summed E-state index contributed by atoms with van der Waals surface area (Å²) in [5, 5.41) is 12.2. The van der Waals surface area contributed by atoms with Gasteiger partial charge in [-0.05, 0) is 45.1 Å². The minimum absolute atomic E-state index is 0.599. The van der Waals surface area contributed by atoms with Crippen LogP contribution >= 0.6 is 0 Å². The van der Waals surface area contributed by atoms with Gasteiger partial charge < -0.3 is 15.2 Å². The molecule has 0 aromatic carbocycles. The van der Waals surface area contributed by atoms with Gasteiger partial charge in [-0.15, -0.1) is 0 Å². The maximum Gasteiger partial charge on any atom is 0.323 e. The molecule has 112 valence electrons. The molecule has 4 nitrogen and oxygen atoms in total. The Labute approximate surface area is 116 Å². The molecule has 0 amide bonds. The summed E-state index contributed by atoms with van der Waals surface area (Å²) in [5.41, 5.74) is -0.784. The minimum Gasteiger partial charge on any atom is -0.480 e. The van der Waals surface area contributed by atoms with Crippen LogP contribution in [0.4, 0.5) is 0 Å². The van der Waals surface area contributed by atoms with E-state index in [9.17, 15) is 9.90 Å². The molecule has 0 saturated heterocycles. The fourth-order valence-electron chi connectivity index (χ4n) is 2.92. The second kappa shape index (κ2) is 8.54. The van der Waals surface area contributed by atoms with Crippen molar-refractivity contribution in [3.8, 4) is 0 Å². The van der Waals surface area contributed by atoms with Crippen molar-refractivity contribution < 1.29 is 14.6 Å². The van der Waals surface area contributed by atoms with Crippen molar-refractivity contribution in [3.05, 3.63) is 0 Å². The quantitative estimate of drug-likeness (QED) is 0.633. The van der Waals surface area contributed by atoms with E-state index in [0.717, 1.165) is 18.9 Å². The second-order valence-corrected chi connectivity index (χ2v) is 5.67. The smallest absolute Gasteiger partial charge is 0.323 e. The standard InChI is InChI=1S/C15H29NO3/c1-3-15(16-2,14(17)18)10-7-11-19-12-13-8-5-4-6-9-13/h13,16H,3-12H2,1-2H3,(H,17,18). The summed E-state index contributed by atoms with van der Waals surface area (Å²) in [5.74, 6) is -0.0294. The summed E-state index contributed by atoms with van der Waals surface area (Å²) in [6, 6.07) is 0. The Bertz CT molecular complexity index is 258. The van der Waals surface area contributed by atoms with E-state index in [-0.39, 0.29) is 0 Å². The Morgan fingerprint density at radius 2 is 2.05 bits per heavy atom. The molecule has 0 radical (unpaired) electrons. The van der Waals surface area contributed by atoms with Gasteiger partial charge >= 0.3 is 5.97 Å². The average molecular weight is 271 g/mol. The molecule has 2 N–H and O–H groups in total. The minimum atomic E-state index is -0.784. The molecule has 0 heterocycles. The van der Waals surface area contributed by atoms with E-state index in [1.54, 1.807) is 7.05 Å². The molecule has 0 spiro atoms. The molecular weight excluding hydrogens is 242 g/mol. The van der Waals surface area contributed by atoms with E-state index in [4.69, 9.17) is 4.74 Å². The molecule has 0 aromatic heterocycles. The maximum atomic E-state index is 11.3. The predicted octanol–water partition coefficient (Wildman–Crippen LogP) is 2.82. The highest BCUT2D eigenvalue weighted by Gasteiger charge is 2.34. The van der Waals surface area contributed by atoms with Crippen LogP contribution in [0.3, 0.4) is 0 Å². The first-order valence-electron chi connectivity index (χ1n) is 7.64. The number of ether oxygens (including phenoxy) is 1. The van der Waals surface area contributed by atoms with Gasteiger partial charge in [-0.3, -0.25) is 4.79 Å². The lowest BCUT2D eigenvalue weighted by Gasteiger charge is -2.27.